The maximum Gasteiger partial charge on any atom is 0.274 e. The number of aromatic nitrogens is 2. The number of amides is 2. The van der Waals surface area contributed by atoms with Crippen molar-refractivity contribution < 1.29 is 9.59 Å². The molecule has 0 spiro atoms. The SMILES string of the molecule is Cc1ccc(C(=O)N2CCN(C(=O)c3cn4c(C)cccc4n3)CC2)cc1. The van der Waals surface area contributed by atoms with Gasteiger partial charge in [0.15, 0.2) is 0 Å². The number of fused-ring (bicyclic) bond motifs is 1. The van der Waals surface area contributed by atoms with Crippen LogP contribution >= 0.6 is 0 Å². The van der Waals surface area contributed by atoms with Gasteiger partial charge >= 0.3 is 0 Å². The number of carbonyl (C=O) groups is 2. The largest absolute Gasteiger partial charge is 0.335 e. The van der Waals surface area contributed by atoms with E-state index in [0.29, 0.717) is 37.4 Å². The van der Waals surface area contributed by atoms with E-state index in [4.69, 9.17) is 0 Å². The van der Waals surface area contributed by atoms with Crippen LogP contribution in [0.5, 0.6) is 0 Å². The minimum Gasteiger partial charge on any atom is -0.335 e. The van der Waals surface area contributed by atoms with Gasteiger partial charge in [-0.2, -0.15) is 0 Å². The van der Waals surface area contributed by atoms with E-state index in [1.807, 2.05) is 65.6 Å². The summed E-state index contributed by atoms with van der Waals surface area (Å²) in [6.45, 7) is 6.08. The summed E-state index contributed by atoms with van der Waals surface area (Å²) in [6.07, 6.45) is 1.79. The molecule has 1 saturated heterocycles. The Morgan fingerprint density at radius 2 is 1.48 bits per heavy atom. The third kappa shape index (κ3) is 3.30. The number of aryl methyl sites for hydroxylation is 2. The van der Waals surface area contributed by atoms with Gasteiger partial charge in [0.2, 0.25) is 0 Å². The minimum atomic E-state index is -0.0828. The molecule has 6 heteroatoms. The van der Waals surface area contributed by atoms with Crippen LogP contribution in [-0.2, 0) is 0 Å². The molecule has 4 rings (SSSR count). The molecule has 0 unspecified atom stereocenters. The number of imidazole rings is 1. The van der Waals surface area contributed by atoms with Gasteiger partial charge in [-0.05, 0) is 38.1 Å². The lowest BCUT2D eigenvalue weighted by atomic mass is 10.1. The van der Waals surface area contributed by atoms with Gasteiger partial charge in [-0.3, -0.25) is 9.59 Å². The Morgan fingerprint density at radius 3 is 2.11 bits per heavy atom. The van der Waals surface area contributed by atoms with Gasteiger partial charge in [-0.15, -0.1) is 0 Å². The lowest BCUT2D eigenvalue weighted by Gasteiger charge is -2.34. The van der Waals surface area contributed by atoms with Crippen molar-refractivity contribution in [3.63, 3.8) is 0 Å². The first-order valence-corrected chi connectivity index (χ1v) is 9.13. The summed E-state index contributed by atoms with van der Waals surface area (Å²) < 4.78 is 1.92. The summed E-state index contributed by atoms with van der Waals surface area (Å²) in [5.74, 6) is -0.0639. The molecule has 138 valence electrons. The highest BCUT2D eigenvalue weighted by atomic mass is 16.2. The molecule has 2 amide bonds. The Hall–Kier alpha value is -3.15. The number of rotatable bonds is 2. The maximum absolute atomic E-state index is 12.8. The summed E-state index contributed by atoms with van der Waals surface area (Å²) in [5.41, 5.74) is 4.07. The fourth-order valence-corrected chi connectivity index (χ4v) is 3.40. The van der Waals surface area contributed by atoms with E-state index < -0.39 is 0 Å². The second kappa shape index (κ2) is 6.87. The fraction of sp³-hybridized carbons (Fsp3) is 0.286. The standard InChI is InChI=1S/C21H22N4O2/c1-15-6-8-17(9-7-15)20(26)23-10-12-24(13-11-23)21(27)18-14-25-16(2)4-3-5-19(25)22-18/h3-9,14H,10-13H2,1-2H3. The molecule has 1 fully saturated rings. The predicted octanol–water partition coefficient (Wildman–Crippen LogP) is 2.55. The van der Waals surface area contributed by atoms with E-state index >= 15 is 0 Å². The Bertz CT molecular complexity index is 999. The van der Waals surface area contributed by atoms with Crippen molar-refractivity contribution in [2.24, 2.45) is 0 Å². The van der Waals surface area contributed by atoms with Crippen LogP contribution in [0.25, 0.3) is 5.65 Å². The van der Waals surface area contributed by atoms with E-state index in [1.54, 1.807) is 11.1 Å². The van der Waals surface area contributed by atoms with Crippen LogP contribution in [0, 0.1) is 13.8 Å². The molecule has 0 N–H and O–H groups in total. The van der Waals surface area contributed by atoms with Crippen LogP contribution in [0.15, 0.2) is 48.7 Å². The van der Waals surface area contributed by atoms with Gasteiger partial charge in [-0.1, -0.05) is 23.8 Å². The van der Waals surface area contributed by atoms with E-state index in [0.717, 1.165) is 16.9 Å². The smallest absolute Gasteiger partial charge is 0.274 e. The van der Waals surface area contributed by atoms with Gasteiger partial charge in [0.1, 0.15) is 11.3 Å². The van der Waals surface area contributed by atoms with Crippen molar-refractivity contribution >= 4 is 17.5 Å². The highest BCUT2D eigenvalue weighted by molar-refractivity contribution is 5.95. The van der Waals surface area contributed by atoms with Crippen molar-refractivity contribution in [1.82, 2.24) is 19.2 Å². The summed E-state index contributed by atoms with van der Waals surface area (Å²) in [6, 6.07) is 13.4. The van der Waals surface area contributed by atoms with Crippen LogP contribution in [0.4, 0.5) is 0 Å². The first kappa shape index (κ1) is 17.3. The Labute approximate surface area is 158 Å². The Kier molecular flexibility index (Phi) is 4.39. The third-order valence-corrected chi connectivity index (χ3v) is 5.07. The van der Waals surface area contributed by atoms with Crippen LogP contribution in [0.2, 0.25) is 0 Å². The van der Waals surface area contributed by atoms with Gasteiger partial charge in [0, 0.05) is 43.6 Å². The quantitative estimate of drug-likeness (QED) is 0.704. The molecule has 1 aliphatic heterocycles. The lowest BCUT2D eigenvalue weighted by Crippen LogP contribution is -2.50. The van der Waals surface area contributed by atoms with Crippen LogP contribution in [-0.4, -0.2) is 57.2 Å². The van der Waals surface area contributed by atoms with Crippen molar-refractivity contribution in [2.75, 3.05) is 26.2 Å². The van der Waals surface area contributed by atoms with E-state index in [-0.39, 0.29) is 11.8 Å². The average molecular weight is 362 g/mol. The second-order valence-corrected chi connectivity index (χ2v) is 6.97. The molecule has 0 radical (unpaired) electrons. The van der Waals surface area contributed by atoms with Gasteiger partial charge in [0.05, 0.1) is 0 Å². The molecular weight excluding hydrogens is 340 g/mol. The first-order valence-electron chi connectivity index (χ1n) is 9.13. The molecule has 3 aromatic rings. The number of hydrogen-bond acceptors (Lipinski definition) is 3. The van der Waals surface area contributed by atoms with Crippen molar-refractivity contribution in [3.8, 4) is 0 Å². The molecule has 1 aromatic carbocycles. The van der Waals surface area contributed by atoms with Crippen molar-refractivity contribution in [1.29, 1.82) is 0 Å². The molecular formula is C21H22N4O2. The summed E-state index contributed by atoms with van der Waals surface area (Å²) in [5, 5.41) is 0. The zero-order valence-corrected chi connectivity index (χ0v) is 15.6. The van der Waals surface area contributed by atoms with Crippen LogP contribution < -0.4 is 0 Å². The van der Waals surface area contributed by atoms with E-state index in [1.165, 1.54) is 0 Å². The van der Waals surface area contributed by atoms with Gasteiger partial charge in [-0.25, -0.2) is 4.98 Å². The monoisotopic (exact) mass is 362 g/mol. The van der Waals surface area contributed by atoms with Gasteiger partial charge in [0.25, 0.3) is 11.8 Å². The molecule has 6 nitrogen and oxygen atoms in total. The van der Waals surface area contributed by atoms with Crippen LogP contribution in [0.1, 0.15) is 32.1 Å². The molecule has 0 bridgehead atoms. The molecule has 2 aromatic heterocycles. The molecule has 27 heavy (non-hydrogen) atoms. The zero-order valence-electron chi connectivity index (χ0n) is 15.6. The van der Waals surface area contributed by atoms with Gasteiger partial charge < -0.3 is 14.2 Å². The average Bonchev–Trinajstić information content (AvgIpc) is 3.13. The van der Waals surface area contributed by atoms with Crippen molar-refractivity contribution in [2.45, 2.75) is 13.8 Å². The number of nitrogens with zero attached hydrogens (tertiary/aromatic N) is 4. The topological polar surface area (TPSA) is 57.9 Å². The number of piperazine rings is 1. The predicted molar refractivity (Wildman–Crippen MR) is 103 cm³/mol. The molecule has 0 aliphatic carbocycles. The van der Waals surface area contributed by atoms with E-state index in [9.17, 15) is 9.59 Å². The number of pyridine rings is 1. The summed E-state index contributed by atoms with van der Waals surface area (Å²) in [4.78, 5) is 33.5. The molecule has 1 aliphatic rings. The Balaban J connectivity index is 1.43. The first-order chi connectivity index (χ1) is 13.0. The fourth-order valence-electron chi connectivity index (χ4n) is 3.40. The molecule has 0 saturated carbocycles. The number of benzene rings is 1. The highest BCUT2D eigenvalue weighted by Gasteiger charge is 2.26. The normalized spacial score (nSPS) is 14.6. The van der Waals surface area contributed by atoms with E-state index in [2.05, 4.69) is 4.98 Å². The Morgan fingerprint density at radius 1 is 0.852 bits per heavy atom. The molecule has 0 atom stereocenters. The third-order valence-electron chi connectivity index (χ3n) is 5.07. The van der Waals surface area contributed by atoms with Crippen molar-refractivity contribution in [3.05, 3.63) is 71.2 Å². The minimum absolute atomic E-state index is 0.0189. The maximum atomic E-state index is 12.8. The summed E-state index contributed by atoms with van der Waals surface area (Å²) in [7, 11) is 0. The highest BCUT2D eigenvalue weighted by Crippen LogP contribution is 2.14. The zero-order chi connectivity index (χ0) is 19.0. The summed E-state index contributed by atoms with van der Waals surface area (Å²) >= 11 is 0. The van der Waals surface area contributed by atoms with Crippen LogP contribution in [0.3, 0.4) is 0 Å². The second-order valence-electron chi connectivity index (χ2n) is 6.97. The molecule has 3 heterocycles. The number of carbonyl (C=O) groups excluding carboxylic acids is 2. The lowest BCUT2D eigenvalue weighted by molar-refractivity contribution is 0.0532. The number of hydrogen-bond donors (Lipinski definition) is 0.